The van der Waals surface area contributed by atoms with Crippen molar-refractivity contribution in [3.05, 3.63) is 17.8 Å². The van der Waals surface area contributed by atoms with Crippen LogP contribution in [-0.4, -0.2) is 18.1 Å². The largest absolute Gasteiger partial charge is 0.445 e. The Morgan fingerprint density at radius 3 is 3.13 bits per heavy atom. The van der Waals surface area contributed by atoms with Gasteiger partial charge in [-0.2, -0.15) is 0 Å². The molecule has 2 atom stereocenters. The zero-order chi connectivity index (χ0) is 10.7. The van der Waals surface area contributed by atoms with E-state index in [1.165, 1.54) is 6.39 Å². The molecular weight excluding hydrogens is 192 g/mol. The van der Waals surface area contributed by atoms with E-state index < -0.39 is 0 Å². The van der Waals surface area contributed by atoms with Crippen molar-refractivity contribution in [3.63, 3.8) is 0 Å². The molecule has 1 fully saturated rings. The minimum absolute atomic E-state index is 0.0983. The van der Waals surface area contributed by atoms with Crippen molar-refractivity contribution in [3.8, 4) is 0 Å². The lowest BCUT2D eigenvalue weighted by atomic mass is 10.0. The molecule has 2 rings (SSSR count). The summed E-state index contributed by atoms with van der Waals surface area (Å²) in [5.74, 6) is 1.43. The standard InChI is InChI=1S/C11H18N2O2/c1-3-12-6-9-11(15-7-13-9)10-8(2)4-5-14-10/h7-8,10,12H,3-6H2,1-2H3. The molecule has 0 spiro atoms. The Hall–Kier alpha value is -0.870. The van der Waals surface area contributed by atoms with Gasteiger partial charge in [0.25, 0.3) is 0 Å². The highest BCUT2D eigenvalue weighted by atomic mass is 16.5. The average molecular weight is 210 g/mol. The summed E-state index contributed by atoms with van der Waals surface area (Å²) in [4.78, 5) is 4.22. The van der Waals surface area contributed by atoms with E-state index in [-0.39, 0.29) is 6.10 Å². The summed E-state index contributed by atoms with van der Waals surface area (Å²) >= 11 is 0. The lowest BCUT2D eigenvalue weighted by Gasteiger charge is -2.12. The minimum Gasteiger partial charge on any atom is -0.445 e. The van der Waals surface area contributed by atoms with Gasteiger partial charge in [-0.05, 0) is 18.9 Å². The smallest absolute Gasteiger partial charge is 0.181 e. The fourth-order valence-corrected chi connectivity index (χ4v) is 1.92. The molecule has 0 aromatic carbocycles. The molecule has 0 radical (unpaired) electrons. The Kier molecular flexibility index (Phi) is 3.38. The summed E-state index contributed by atoms with van der Waals surface area (Å²) < 4.78 is 11.1. The molecule has 1 aromatic heterocycles. The van der Waals surface area contributed by atoms with Crippen molar-refractivity contribution < 1.29 is 9.15 Å². The number of nitrogens with one attached hydrogen (secondary N) is 1. The maximum Gasteiger partial charge on any atom is 0.181 e. The first-order valence-corrected chi connectivity index (χ1v) is 5.57. The van der Waals surface area contributed by atoms with Crippen LogP contribution in [0.1, 0.15) is 37.8 Å². The number of oxazole rings is 1. The first kappa shape index (κ1) is 10.6. The molecule has 0 amide bonds. The van der Waals surface area contributed by atoms with Crippen molar-refractivity contribution in [2.24, 2.45) is 5.92 Å². The summed E-state index contributed by atoms with van der Waals surface area (Å²) in [7, 11) is 0. The van der Waals surface area contributed by atoms with Gasteiger partial charge in [-0.1, -0.05) is 13.8 Å². The van der Waals surface area contributed by atoms with Gasteiger partial charge in [-0.3, -0.25) is 0 Å². The molecule has 0 bridgehead atoms. The lowest BCUT2D eigenvalue weighted by Crippen LogP contribution is -2.15. The van der Waals surface area contributed by atoms with Crippen LogP contribution in [0.5, 0.6) is 0 Å². The van der Waals surface area contributed by atoms with E-state index in [1.807, 2.05) is 0 Å². The summed E-state index contributed by atoms with van der Waals surface area (Å²) in [6.45, 7) is 6.79. The number of aromatic nitrogens is 1. The Balaban J connectivity index is 2.09. The van der Waals surface area contributed by atoms with Crippen LogP contribution in [-0.2, 0) is 11.3 Å². The number of nitrogens with zero attached hydrogens (tertiary/aromatic N) is 1. The number of hydrogen-bond donors (Lipinski definition) is 1. The van der Waals surface area contributed by atoms with E-state index in [1.54, 1.807) is 0 Å². The molecular formula is C11H18N2O2. The first-order valence-electron chi connectivity index (χ1n) is 5.57. The maximum absolute atomic E-state index is 5.67. The van der Waals surface area contributed by atoms with Gasteiger partial charge in [-0.25, -0.2) is 4.98 Å². The van der Waals surface area contributed by atoms with Crippen LogP contribution < -0.4 is 5.32 Å². The first-order chi connectivity index (χ1) is 7.33. The van der Waals surface area contributed by atoms with Gasteiger partial charge in [0.2, 0.25) is 0 Å². The minimum atomic E-state index is 0.0983. The van der Waals surface area contributed by atoms with Crippen molar-refractivity contribution >= 4 is 0 Å². The molecule has 15 heavy (non-hydrogen) atoms. The van der Waals surface area contributed by atoms with E-state index >= 15 is 0 Å². The van der Waals surface area contributed by atoms with Crippen LogP contribution in [0.25, 0.3) is 0 Å². The van der Waals surface area contributed by atoms with Gasteiger partial charge < -0.3 is 14.5 Å². The van der Waals surface area contributed by atoms with Crippen LogP contribution in [0, 0.1) is 5.92 Å². The molecule has 1 aliphatic heterocycles. The summed E-state index contributed by atoms with van der Waals surface area (Å²) in [5.41, 5.74) is 0.982. The molecule has 1 aromatic rings. The quantitative estimate of drug-likeness (QED) is 0.824. The predicted molar refractivity (Wildman–Crippen MR) is 56.4 cm³/mol. The molecule has 2 heterocycles. The van der Waals surface area contributed by atoms with Crippen LogP contribution >= 0.6 is 0 Å². The van der Waals surface area contributed by atoms with Crippen LogP contribution in [0.4, 0.5) is 0 Å². The topological polar surface area (TPSA) is 47.3 Å². The summed E-state index contributed by atoms with van der Waals surface area (Å²) in [6.07, 6.45) is 2.71. The third kappa shape index (κ3) is 2.21. The van der Waals surface area contributed by atoms with Crippen LogP contribution in [0.2, 0.25) is 0 Å². The summed E-state index contributed by atoms with van der Waals surface area (Å²) in [5, 5.41) is 3.25. The Morgan fingerprint density at radius 2 is 2.47 bits per heavy atom. The van der Waals surface area contributed by atoms with E-state index in [2.05, 4.69) is 24.1 Å². The number of rotatable bonds is 4. The highest BCUT2D eigenvalue weighted by Crippen LogP contribution is 2.35. The zero-order valence-corrected chi connectivity index (χ0v) is 9.32. The van der Waals surface area contributed by atoms with E-state index in [9.17, 15) is 0 Å². The second-order valence-electron chi connectivity index (χ2n) is 4.00. The van der Waals surface area contributed by atoms with E-state index in [0.29, 0.717) is 5.92 Å². The van der Waals surface area contributed by atoms with Crippen molar-refractivity contribution in [2.75, 3.05) is 13.2 Å². The molecule has 84 valence electrons. The van der Waals surface area contributed by atoms with Gasteiger partial charge in [0.1, 0.15) is 6.10 Å². The summed E-state index contributed by atoms with van der Waals surface area (Å²) in [6, 6.07) is 0. The fourth-order valence-electron chi connectivity index (χ4n) is 1.92. The molecule has 1 aliphatic rings. The van der Waals surface area contributed by atoms with E-state index in [4.69, 9.17) is 9.15 Å². The van der Waals surface area contributed by atoms with Gasteiger partial charge in [0, 0.05) is 13.2 Å². The zero-order valence-electron chi connectivity index (χ0n) is 9.32. The highest BCUT2D eigenvalue weighted by molar-refractivity contribution is 5.12. The molecule has 0 saturated carbocycles. The lowest BCUT2D eigenvalue weighted by molar-refractivity contribution is 0.0749. The Bertz CT molecular complexity index is 311. The third-order valence-electron chi connectivity index (χ3n) is 2.86. The van der Waals surface area contributed by atoms with Gasteiger partial charge >= 0.3 is 0 Å². The highest BCUT2D eigenvalue weighted by Gasteiger charge is 2.30. The number of hydrogen-bond acceptors (Lipinski definition) is 4. The molecule has 1 saturated heterocycles. The molecule has 0 aliphatic carbocycles. The van der Waals surface area contributed by atoms with Gasteiger partial charge in [-0.15, -0.1) is 0 Å². The molecule has 1 N–H and O–H groups in total. The Labute approximate surface area is 90.0 Å². The normalized spacial score (nSPS) is 26.0. The second kappa shape index (κ2) is 4.77. The van der Waals surface area contributed by atoms with E-state index in [0.717, 1.165) is 37.6 Å². The Morgan fingerprint density at radius 1 is 1.60 bits per heavy atom. The molecule has 4 heteroatoms. The second-order valence-corrected chi connectivity index (χ2v) is 4.00. The molecule has 2 unspecified atom stereocenters. The van der Waals surface area contributed by atoms with Crippen molar-refractivity contribution in [1.82, 2.24) is 10.3 Å². The monoisotopic (exact) mass is 210 g/mol. The van der Waals surface area contributed by atoms with Crippen LogP contribution in [0.15, 0.2) is 10.8 Å². The fraction of sp³-hybridized carbons (Fsp3) is 0.727. The SMILES string of the molecule is CCNCc1ncoc1C1OCCC1C. The van der Waals surface area contributed by atoms with Crippen LogP contribution in [0.3, 0.4) is 0 Å². The van der Waals surface area contributed by atoms with Crippen molar-refractivity contribution in [1.29, 1.82) is 0 Å². The van der Waals surface area contributed by atoms with Crippen molar-refractivity contribution in [2.45, 2.75) is 32.9 Å². The molecule has 4 nitrogen and oxygen atoms in total. The predicted octanol–water partition coefficient (Wildman–Crippen LogP) is 1.88. The van der Waals surface area contributed by atoms with Gasteiger partial charge in [0.15, 0.2) is 12.2 Å². The number of ether oxygens (including phenoxy) is 1. The average Bonchev–Trinajstić information content (AvgIpc) is 2.82. The third-order valence-corrected chi connectivity index (χ3v) is 2.86. The maximum atomic E-state index is 5.67. The van der Waals surface area contributed by atoms with Gasteiger partial charge in [0.05, 0.1) is 5.69 Å².